The van der Waals surface area contributed by atoms with Crippen LogP contribution in [0.15, 0.2) is 36.8 Å². The number of halogens is 1. The molecule has 0 bridgehead atoms. The number of hydrogen-bond acceptors (Lipinski definition) is 4. The molecular weight excluding hydrogens is 271 g/mol. The molecule has 0 radical (unpaired) electrons. The molecule has 2 heterocycles. The molecule has 0 aliphatic heterocycles. The number of hydrogen-bond donors (Lipinski definition) is 1. The van der Waals surface area contributed by atoms with Gasteiger partial charge in [0.05, 0.1) is 5.56 Å². The molecule has 2 rings (SSSR count). The summed E-state index contributed by atoms with van der Waals surface area (Å²) in [5, 5.41) is 2.79. The molecule has 0 aromatic carbocycles. The minimum absolute atomic E-state index is 0.00680. The highest BCUT2D eigenvalue weighted by Gasteiger charge is 2.19. The van der Waals surface area contributed by atoms with Crippen LogP contribution < -0.4 is 5.32 Å². The SMILES string of the molecule is CCNc1nccc(C(=O)N(C)Cc2cccnc2)c1F. The van der Waals surface area contributed by atoms with Crippen LogP contribution in [0.25, 0.3) is 0 Å². The molecule has 0 unspecified atom stereocenters. The molecule has 2 aromatic heterocycles. The van der Waals surface area contributed by atoms with Gasteiger partial charge in [0.2, 0.25) is 0 Å². The number of rotatable bonds is 5. The van der Waals surface area contributed by atoms with Crippen LogP contribution in [0.5, 0.6) is 0 Å². The lowest BCUT2D eigenvalue weighted by molar-refractivity contribution is 0.0780. The van der Waals surface area contributed by atoms with Crippen LogP contribution in [0.2, 0.25) is 0 Å². The molecule has 5 nitrogen and oxygen atoms in total. The maximum absolute atomic E-state index is 14.2. The van der Waals surface area contributed by atoms with E-state index < -0.39 is 11.7 Å². The van der Waals surface area contributed by atoms with E-state index in [1.165, 1.54) is 17.2 Å². The Hall–Kier alpha value is -2.50. The second-order valence-electron chi connectivity index (χ2n) is 4.57. The molecule has 1 amide bonds. The van der Waals surface area contributed by atoms with E-state index in [0.29, 0.717) is 13.1 Å². The number of pyridine rings is 2. The third-order valence-corrected chi connectivity index (χ3v) is 2.95. The third kappa shape index (κ3) is 3.53. The monoisotopic (exact) mass is 288 g/mol. The van der Waals surface area contributed by atoms with Crippen LogP contribution in [-0.2, 0) is 6.54 Å². The Morgan fingerprint density at radius 2 is 2.19 bits per heavy atom. The van der Waals surface area contributed by atoms with Crippen LogP contribution in [0.1, 0.15) is 22.8 Å². The van der Waals surface area contributed by atoms with Gasteiger partial charge in [-0.05, 0) is 24.6 Å². The van der Waals surface area contributed by atoms with Gasteiger partial charge in [-0.15, -0.1) is 0 Å². The van der Waals surface area contributed by atoms with Gasteiger partial charge in [-0.2, -0.15) is 0 Å². The Bertz CT molecular complexity index is 618. The maximum Gasteiger partial charge on any atom is 0.257 e. The van der Waals surface area contributed by atoms with Gasteiger partial charge in [0.15, 0.2) is 11.6 Å². The quantitative estimate of drug-likeness (QED) is 0.917. The molecule has 2 aromatic rings. The van der Waals surface area contributed by atoms with Crippen molar-refractivity contribution in [2.24, 2.45) is 0 Å². The molecule has 21 heavy (non-hydrogen) atoms. The fraction of sp³-hybridized carbons (Fsp3) is 0.267. The average Bonchev–Trinajstić information content (AvgIpc) is 2.50. The minimum atomic E-state index is -0.623. The zero-order valence-electron chi connectivity index (χ0n) is 12.0. The van der Waals surface area contributed by atoms with Crippen molar-refractivity contribution in [3.63, 3.8) is 0 Å². The summed E-state index contributed by atoms with van der Waals surface area (Å²) in [6.45, 7) is 2.74. The Kier molecular flexibility index (Phi) is 4.81. The Balaban J connectivity index is 2.18. The zero-order chi connectivity index (χ0) is 15.2. The van der Waals surface area contributed by atoms with E-state index in [1.54, 1.807) is 25.5 Å². The van der Waals surface area contributed by atoms with Crippen molar-refractivity contribution in [3.05, 3.63) is 53.7 Å². The number of nitrogens with zero attached hydrogens (tertiary/aromatic N) is 3. The van der Waals surface area contributed by atoms with Gasteiger partial charge in [0.25, 0.3) is 5.91 Å². The van der Waals surface area contributed by atoms with Crippen molar-refractivity contribution in [1.82, 2.24) is 14.9 Å². The second-order valence-corrected chi connectivity index (χ2v) is 4.57. The first-order valence-electron chi connectivity index (χ1n) is 6.66. The number of amides is 1. The van der Waals surface area contributed by atoms with Gasteiger partial charge in [0, 0.05) is 38.7 Å². The Morgan fingerprint density at radius 3 is 2.86 bits per heavy atom. The molecule has 1 N–H and O–H groups in total. The summed E-state index contributed by atoms with van der Waals surface area (Å²) in [4.78, 5) is 21.7. The van der Waals surface area contributed by atoms with Crippen molar-refractivity contribution in [3.8, 4) is 0 Å². The summed E-state index contributed by atoms with van der Waals surface area (Å²) in [7, 11) is 1.63. The number of anilines is 1. The first-order valence-corrected chi connectivity index (χ1v) is 6.66. The Morgan fingerprint density at radius 1 is 1.38 bits per heavy atom. The molecule has 0 spiro atoms. The number of carbonyl (C=O) groups is 1. The molecule has 0 aliphatic carbocycles. The van der Waals surface area contributed by atoms with Crippen molar-refractivity contribution in [2.75, 3.05) is 18.9 Å². The van der Waals surface area contributed by atoms with Crippen molar-refractivity contribution in [1.29, 1.82) is 0 Å². The van der Waals surface area contributed by atoms with E-state index in [0.717, 1.165) is 5.56 Å². The average molecular weight is 288 g/mol. The number of aromatic nitrogens is 2. The van der Waals surface area contributed by atoms with Crippen LogP contribution in [0.3, 0.4) is 0 Å². The lowest BCUT2D eigenvalue weighted by Crippen LogP contribution is -2.27. The van der Waals surface area contributed by atoms with Crippen molar-refractivity contribution >= 4 is 11.7 Å². The molecule has 6 heteroatoms. The summed E-state index contributed by atoms with van der Waals surface area (Å²) in [5.41, 5.74) is 0.891. The summed E-state index contributed by atoms with van der Waals surface area (Å²) >= 11 is 0. The van der Waals surface area contributed by atoms with E-state index in [2.05, 4.69) is 15.3 Å². The van der Waals surface area contributed by atoms with E-state index >= 15 is 0 Å². The molecule has 0 saturated carbocycles. The molecule has 0 fully saturated rings. The lowest BCUT2D eigenvalue weighted by Gasteiger charge is -2.18. The highest BCUT2D eigenvalue weighted by Crippen LogP contribution is 2.17. The van der Waals surface area contributed by atoms with Gasteiger partial charge < -0.3 is 10.2 Å². The molecule has 0 aliphatic rings. The first kappa shape index (κ1) is 14.9. The molecule has 110 valence electrons. The molecular formula is C15H17FN4O. The maximum atomic E-state index is 14.2. The normalized spacial score (nSPS) is 10.2. The number of nitrogens with one attached hydrogen (secondary N) is 1. The van der Waals surface area contributed by atoms with E-state index in [-0.39, 0.29) is 11.4 Å². The van der Waals surface area contributed by atoms with Crippen molar-refractivity contribution < 1.29 is 9.18 Å². The first-order chi connectivity index (χ1) is 10.1. The fourth-order valence-corrected chi connectivity index (χ4v) is 1.94. The van der Waals surface area contributed by atoms with E-state index in [9.17, 15) is 9.18 Å². The third-order valence-electron chi connectivity index (χ3n) is 2.95. The predicted molar refractivity (Wildman–Crippen MR) is 78.4 cm³/mol. The van der Waals surface area contributed by atoms with Gasteiger partial charge in [-0.1, -0.05) is 6.07 Å². The summed E-state index contributed by atoms with van der Waals surface area (Å²) in [6.07, 6.45) is 4.76. The molecule has 0 saturated heterocycles. The topological polar surface area (TPSA) is 58.1 Å². The van der Waals surface area contributed by atoms with Crippen LogP contribution >= 0.6 is 0 Å². The smallest absolute Gasteiger partial charge is 0.257 e. The fourth-order valence-electron chi connectivity index (χ4n) is 1.94. The number of carbonyl (C=O) groups excluding carboxylic acids is 1. The standard InChI is InChI=1S/C15H17FN4O/c1-3-18-14-13(16)12(6-8-19-14)15(21)20(2)10-11-5-4-7-17-9-11/h4-9H,3,10H2,1-2H3,(H,18,19). The van der Waals surface area contributed by atoms with Gasteiger partial charge in [0.1, 0.15) is 0 Å². The minimum Gasteiger partial charge on any atom is -0.368 e. The Labute approximate surface area is 122 Å². The van der Waals surface area contributed by atoms with Crippen molar-refractivity contribution in [2.45, 2.75) is 13.5 Å². The zero-order valence-corrected chi connectivity index (χ0v) is 12.0. The van der Waals surface area contributed by atoms with Crippen LogP contribution in [-0.4, -0.2) is 34.4 Å². The largest absolute Gasteiger partial charge is 0.368 e. The summed E-state index contributed by atoms with van der Waals surface area (Å²) in [6, 6.07) is 5.05. The van der Waals surface area contributed by atoms with Gasteiger partial charge >= 0.3 is 0 Å². The molecule has 0 atom stereocenters. The highest BCUT2D eigenvalue weighted by atomic mass is 19.1. The van der Waals surface area contributed by atoms with Crippen LogP contribution in [0, 0.1) is 5.82 Å². The van der Waals surface area contributed by atoms with E-state index in [1.807, 2.05) is 13.0 Å². The van der Waals surface area contributed by atoms with E-state index in [4.69, 9.17) is 0 Å². The predicted octanol–water partition coefficient (Wildman–Crippen LogP) is 2.32. The second kappa shape index (κ2) is 6.78. The van der Waals surface area contributed by atoms with Crippen LogP contribution in [0.4, 0.5) is 10.2 Å². The lowest BCUT2D eigenvalue weighted by atomic mass is 10.2. The van der Waals surface area contributed by atoms with Gasteiger partial charge in [-0.25, -0.2) is 9.37 Å². The summed E-state index contributed by atoms with van der Waals surface area (Å²) < 4.78 is 14.2. The van der Waals surface area contributed by atoms with Gasteiger partial charge in [-0.3, -0.25) is 9.78 Å². The highest BCUT2D eigenvalue weighted by molar-refractivity contribution is 5.95. The summed E-state index contributed by atoms with van der Waals surface area (Å²) in [5.74, 6) is -0.918.